The van der Waals surface area contributed by atoms with Gasteiger partial charge in [0.15, 0.2) is 0 Å². The fourth-order valence-electron chi connectivity index (χ4n) is 4.17. The highest BCUT2D eigenvalue weighted by Crippen LogP contribution is 2.56. The Hall–Kier alpha value is -2.09. The molecule has 3 aliphatic rings. The number of alkyl halides is 3. The third-order valence-corrected chi connectivity index (χ3v) is 6.12. The summed E-state index contributed by atoms with van der Waals surface area (Å²) >= 11 is 1.21. The van der Waals surface area contributed by atoms with Gasteiger partial charge in [-0.1, -0.05) is 0 Å². The molecule has 2 atom stereocenters. The van der Waals surface area contributed by atoms with Gasteiger partial charge in [0.25, 0.3) is 0 Å². The van der Waals surface area contributed by atoms with Gasteiger partial charge in [0.05, 0.1) is 11.3 Å². The molecule has 1 saturated carbocycles. The van der Waals surface area contributed by atoms with Crippen LogP contribution in [-0.2, 0) is 11.0 Å². The second-order valence-corrected chi connectivity index (χ2v) is 7.54. The normalized spacial score (nSPS) is 21.9. The molecule has 8 heteroatoms. The summed E-state index contributed by atoms with van der Waals surface area (Å²) in [6, 6.07) is 3.21. The summed E-state index contributed by atoms with van der Waals surface area (Å²) in [5.41, 5.74) is 0.0701. The number of hydrogen-bond acceptors (Lipinski definition) is 4. The number of carbonyl (C=O) groups excluding carboxylic acids is 1. The summed E-state index contributed by atoms with van der Waals surface area (Å²) in [5.74, 6) is -1.29. The number of Topliss-reactive ketones (excluding diaryl/α,β-unsaturated/α-hetero) is 1. The van der Waals surface area contributed by atoms with Gasteiger partial charge in [0, 0.05) is 28.4 Å². The van der Waals surface area contributed by atoms with Crippen molar-refractivity contribution in [2.75, 3.05) is 6.26 Å². The summed E-state index contributed by atoms with van der Waals surface area (Å²) in [5, 5.41) is 21.5. The molecule has 0 aliphatic heterocycles. The van der Waals surface area contributed by atoms with Crippen LogP contribution in [0.2, 0.25) is 0 Å². The highest BCUT2D eigenvalue weighted by atomic mass is 32.2. The van der Waals surface area contributed by atoms with Gasteiger partial charge in [0.1, 0.15) is 5.78 Å². The van der Waals surface area contributed by atoms with Crippen LogP contribution in [0.3, 0.4) is 0 Å². The van der Waals surface area contributed by atoms with E-state index >= 15 is 0 Å². The van der Waals surface area contributed by atoms with E-state index in [9.17, 15) is 28.2 Å². The summed E-state index contributed by atoms with van der Waals surface area (Å²) in [4.78, 5) is 12.7. The first-order valence-corrected chi connectivity index (χ1v) is 9.41. The predicted octanol–water partition coefficient (Wildman–Crippen LogP) is 4.56. The van der Waals surface area contributed by atoms with Crippen molar-refractivity contribution in [3.63, 3.8) is 0 Å². The average Bonchev–Trinajstić information content (AvgIpc) is 2.86. The zero-order chi connectivity index (χ0) is 18.8. The molecular weight excluding hydrogens is 367 g/mol. The second kappa shape index (κ2) is 5.70. The number of ketones is 1. The largest absolute Gasteiger partial charge is 0.494 e. The van der Waals surface area contributed by atoms with Crippen molar-refractivity contribution in [2.24, 2.45) is 0 Å². The first-order chi connectivity index (χ1) is 12.2. The molecule has 0 amide bonds. The van der Waals surface area contributed by atoms with E-state index in [1.807, 2.05) is 0 Å². The van der Waals surface area contributed by atoms with E-state index in [-0.39, 0.29) is 29.1 Å². The van der Waals surface area contributed by atoms with Crippen molar-refractivity contribution in [2.45, 2.75) is 42.2 Å². The first kappa shape index (κ1) is 17.3. The number of carbonyl (C=O) groups is 1. The number of fused-ring (bicyclic) bond motifs is 2. The molecule has 1 fully saturated rings. The molecule has 2 aromatic rings. The maximum absolute atomic E-state index is 13.1. The molecule has 26 heavy (non-hydrogen) atoms. The Balaban J connectivity index is 1.97. The molecule has 2 N–H and O–H groups in total. The SMILES string of the molecule is CSc1ccc(C(F)(F)F)cc1-n1c(O)c2c(c1O)[C@@H]1CC[C@H]2CC1=O. The lowest BCUT2D eigenvalue weighted by Gasteiger charge is -2.34. The van der Waals surface area contributed by atoms with Crippen molar-refractivity contribution in [1.29, 1.82) is 0 Å². The Bertz CT molecular complexity index is 919. The summed E-state index contributed by atoms with van der Waals surface area (Å²) in [6.07, 6.45) is -1.23. The highest BCUT2D eigenvalue weighted by Gasteiger charge is 2.45. The minimum Gasteiger partial charge on any atom is -0.494 e. The summed E-state index contributed by atoms with van der Waals surface area (Å²) in [6.45, 7) is 0. The monoisotopic (exact) mass is 383 g/mol. The minimum absolute atomic E-state index is 0.00957. The zero-order valence-electron chi connectivity index (χ0n) is 13.8. The van der Waals surface area contributed by atoms with E-state index in [2.05, 4.69) is 0 Å². The van der Waals surface area contributed by atoms with E-state index in [0.717, 1.165) is 23.1 Å². The van der Waals surface area contributed by atoms with Gasteiger partial charge in [-0.2, -0.15) is 13.2 Å². The Morgan fingerprint density at radius 2 is 1.85 bits per heavy atom. The zero-order valence-corrected chi connectivity index (χ0v) is 14.6. The van der Waals surface area contributed by atoms with Crippen LogP contribution in [0.25, 0.3) is 5.69 Å². The molecule has 1 aromatic heterocycles. The van der Waals surface area contributed by atoms with Crippen LogP contribution in [0.5, 0.6) is 11.8 Å². The van der Waals surface area contributed by atoms with Crippen LogP contribution in [0, 0.1) is 0 Å². The average molecular weight is 383 g/mol. The van der Waals surface area contributed by atoms with Crippen LogP contribution in [0.15, 0.2) is 23.1 Å². The lowest BCUT2D eigenvalue weighted by molar-refractivity contribution is -0.137. The van der Waals surface area contributed by atoms with Crippen molar-refractivity contribution < 1.29 is 28.2 Å². The van der Waals surface area contributed by atoms with Crippen LogP contribution in [-0.4, -0.2) is 26.8 Å². The highest BCUT2D eigenvalue weighted by molar-refractivity contribution is 7.98. The Kier molecular flexibility index (Phi) is 3.80. The lowest BCUT2D eigenvalue weighted by Crippen LogP contribution is -2.28. The molecule has 1 aromatic carbocycles. The molecular formula is C18H16F3NO3S. The molecule has 0 saturated heterocycles. The number of rotatable bonds is 2. The van der Waals surface area contributed by atoms with Crippen molar-refractivity contribution in [3.8, 4) is 17.4 Å². The fourth-order valence-corrected chi connectivity index (χ4v) is 4.73. The smallest absolute Gasteiger partial charge is 0.416 e. The number of thioether (sulfide) groups is 1. The summed E-state index contributed by atoms with van der Waals surface area (Å²) < 4.78 is 40.5. The van der Waals surface area contributed by atoms with E-state index in [4.69, 9.17) is 0 Å². The third kappa shape index (κ3) is 2.35. The molecule has 4 nitrogen and oxygen atoms in total. The van der Waals surface area contributed by atoms with E-state index in [1.165, 1.54) is 17.8 Å². The Labute approximate surface area is 151 Å². The van der Waals surface area contributed by atoms with Gasteiger partial charge in [-0.15, -0.1) is 11.8 Å². The molecule has 1 heterocycles. The number of benzene rings is 1. The topological polar surface area (TPSA) is 62.5 Å². The standard InChI is InChI=1S/C18H16F3NO3S/c1-26-13-5-3-9(18(19,20)21)7-11(13)22-16(24)14-8-2-4-10(12(23)6-8)15(14)17(22)25/h3,5,7-8,10,24-25H,2,4,6H2,1H3/t8-,10+/m0/s1. The Morgan fingerprint density at radius 3 is 2.46 bits per heavy atom. The van der Waals surface area contributed by atoms with Crippen LogP contribution in [0.4, 0.5) is 13.2 Å². The van der Waals surface area contributed by atoms with Crippen molar-refractivity contribution >= 4 is 17.5 Å². The van der Waals surface area contributed by atoms with Crippen LogP contribution in [0.1, 0.15) is 47.8 Å². The number of aromatic hydroxyl groups is 2. The molecule has 5 rings (SSSR count). The number of aromatic nitrogens is 1. The number of nitrogens with zero attached hydrogens (tertiary/aromatic N) is 1. The predicted molar refractivity (Wildman–Crippen MR) is 90.2 cm³/mol. The fraction of sp³-hybridized carbons (Fsp3) is 0.389. The summed E-state index contributed by atoms with van der Waals surface area (Å²) in [7, 11) is 0. The molecule has 0 radical (unpaired) electrons. The van der Waals surface area contributed by atoms with Crippen molar-refractivity contribution in [3.05, 3.63) is 34.9 Å². The first-order valence-electron chi connectivity index (χ1n) is 8.18. The van der Waals surface area contributed by atoms with Crippen LogP contribution < -0.4 is 0 Å². The minimum atomic E-state index is -4.54. The molecule has 0 unspecified atom stereocenters. The van der Waals surface area contributed by atoms with Crippen molar-refractivity contribution in [1.82, 2.24) is 4.57 Å². The van der Waals surface area contributed by atoms with Gasteiger partial charge >= 0.3 is 6.18 Å². The third-order valence-electron chi connectivity index (χ3n) is 5.34. The molecule has 138 valence electrons. The lowest BCUT2D eigenvalue weighted by atomic mass is 9.67. The van der Waals surface area contributed by atoms with Gasteiger partial charge < -0.3 is 10.2 Å². The maximum Gasteiger partial charge on any atom is 0.416 e. The van der Waals surface area contributed by atoms with Crippen LogP contribution >= 0.6 is 11.8 Å². The van der Waals surface area contributed by atoms with Gasteiger partial charge in [-0.3, -0.25) is 4.79 Å². The van der Waals surface area contributed by atoms with E-state index < -0.39 is 17.7 Å². The second-order valence-electron chi connectivity index (χ2n) is 6.69. The molecule has 3 aliphatic carbocycles. The van der Waals surface area contributed by atoms with E-state index in [0.29, 0.717) is 28.9 Å². The van der Waals surface area contributed by atoms with Gasteiger partial charge in [0.2, 0.25) is 11.8 Å². The molecule has 2 bridgehead atoms. The van der Waals surface area contributed by atoms with E-state index in [1.54, 1.807) is 6.26 Å². The van der Waals surface area contributed by atoms with Gasteiger partial charge in [-0.25, -0.2) is 4.57 Å². The quantitative estimate of drug-likeness (QED) is 0.746. The van der Waals surface area contributed by atoms with Gasteiger partial charge in [-0.05, 0) is 43.2 Å². The maximum atomic E-state index is 13.1. The number of hydrogen-bond donors (Lipinski definition) is 2. The molecule has 0 spiro atoms. The Morgan fingerprint density at radius 1 is 1.15 bits per heavy atom. The number of halogens is 3.